The second kappa shape index (κ2) is 4.49. The number of hydrogen-bond acceptors (Lipinski definition) is 4. The molecule has 0 aromatic carbocycles. The van der Waals surface area contributed by atoms with E-state index >= 15 is 0 Å². The SMILES string of the molecule is Cn1cc(/C=C(\C#N)C(N)=O)c(=O)n(C)c1=O. The third kappa shape index (κ3) is 2.31. The summed E-state index contributed by atoms with van der Waals surface area (Å²) in [6.07, 6.45) is 2.30. The van der Waals surface area contributed by atoms with E-state index in [1.165, 1.54) is 24.9 Å². The molecule has 0 saturated carbocycles. The van der Waals surface area contributed by atoms with E-state index in [1.807, 2.05) is 0 Å². The maximum Gasteiger partial charge on any atom is 0.330 e. The molecule has 1 aromatic rings. The van der Waals surface area contributed by atoms with E-state index in [1.54, 1.807) is 6.07 Å². The molecule has 1 aromatic heterocycles. The molecule has 0 spiro atoms. The molecule has 88 valence electrons. The van der Waals surface area contributed by atoms with Crippen LogP contribution in [0.2, 0.25) is 0 Å². The first-order valence-electron chi connectivity index (χ1n) is 4.56. The van der Waals surface area contributed by atoms with Gasteiger partial charge >= 0.3 is 5.69 Å². The molecule has 1 rings (SSSR count). The van der Waals surface area contributed by atoms with Crippen LogP contribution in [0.3, 0.4) is 0 Å². The van der Waals surface area contributed by atoms with Crippen molar-refractivity contribution >= 4 is 12.0 Å². The minimum absolute atomic E-state index is 0.0463. The Morgan fingerprint density at radius 1 is 1.47 bits per heavy atom. The zero-order chi connectivity index (χ0) is 13.2. The summed E-state index contributed by atoms with van der Waals surface area (Å²) in [7, 11) is 2.76. The average Bonchev–Trinajstić information content (AvgIpc) is 2.29. The molecular weight excluding hydrogens is 224 g/mol. The fourth-order valence-corrected chi connectivity index (χ4v) is 1.25. The van der Waals surface area contributed by atoms with Gasteiger partial charge in [-0.15, -0.1) is 0 Å². The van der Waals surface area contributed by atoms with Gasteiger partial charge < -0.3 is 10.3 Å². The number of nitrogens with two attached hydrogens (primary N) is 1. The van der Waals surface area contributed by atoms with Crippen LogP contribution < -0.4 is 17.0 Å². The van der Waals surface area contributed by atoms with Crippen molar-refractivity contribution in [2.45, 2.75) is 0 Å². The molecule has 1 heterocycles. The second-order valence-electron chi connectivity index (χ2n) is 3.38. The van der Waals surface area contributed by atoms with E-state index in [2.05, 4.69) is 0 Å². The number of hydrogen-bond donors (Lipinski definition) is 1. The number of nitrogens with zero attached hydrogens (tertiary/aromatic N) is 3. The van der Waals surface area contributed by atoms with Crippen LogP contribution in [-0.2, 0) is 18.9 Å². The highest BCUT2D eigenvalue weighted by Gasteiger charge is 2.08. The molecule has 0 aliphatic heterocycles. The molecule has 17 heavy (non-hydrogen) atoms. The van der Waals surface area contributed by atoms with Gasteiger partial charge in [-0.1, -0.05) is 0 Å². The first-order valence-corrected chi connectivity index (χ1v) is 4.56. The number of aryl methyl sites for hydroxylation is 1. The monoisotopic (exact) mass is 234 g/mol. The molecule has 0 aliphatic rings. The largest absolute Gasteiger partial charge is 0.365 e. The number of rotatable bonds is 2. The van der Waals surface area contributed by atoms with E-state index in [0.29, 0.717) is 0 Å². The predicted molar refractivity (Wildman–Crippen MR) is 59.7 cm³/mol. The van der Waals surface area contributed by atoms with Crippen LogP contribution in [0.15, 0.2) is 21.4 Å². The number of carbonyl (C=O) groups is 1. The lowest BCUT2D eigenvalue weighted by molar-refractivity contribution is -0.114. The van der Waals surface area contributed by atoms with Gasteiger partial charge in [0.15, 0.2) is 0 Å². The van der Waals surface area contributed by atoms with Crippen molar-refractivity contribution in [3.8, 4) is 6.07 Å². The van der Waals surface area contributed by atoms with Gasteiger partial charge in [-0.2, -0.15) is 5.26 Å². The second-order valence-corrected chi connectivity index (χ2v) is 3.38. The maximum atomic E-state index is 11.7. The molecule has 0 atom stereocenters. The zero-order valence-corrected chi connectivity index (χ0v) is 9.30. The molecule has 2 N–H and O–H groups in total. The highest BCUT2D eigenvalue weighted by Crippen LogP contribution is 1.99. The summed E-state index contributed by atoms with van der Waals surface area (Å²) in [6, 6.07) is 1.58. The summed E-state index contributed by atoms with van der Waals surface area (Å²) in [4.78, 5) is 33.9. The molecular formula is C10H10N4O3. The van der Waals surface area contributed by atoms with E-state index in [0.717, 1.165) is 10.6 Å². The van der Waals surface area contributed by atoms with Gasteiger partial charge in [0, 0.05) is 20.3 Å². The fourth-order valence-electron chi connectivity index (χ4n) is 1.25. The normalized spacial score (nSPS) is 11.0. The van der Waals surface area contributed by atoms with Crippen LogP contribution >= 0.6 is 0 Å². The van der Waals surface area contributed by atoms with Crippen LogP contribution in [-0.4, -0.2) is 15.0 Å². The van der Waals surface area contributed by atoms with Crippen LogP contribution in [0.25, 0.3) is 6.08 Å². The summed E-state index contributed by atoms with van der Waals surface area (Å²) in [5.41, 5.74) is 3.55. The van der Waals surface area contributed by atoms with Crippen molar-refractivity contribution in [1.29, 1.82) is 5.26 Å². The Hall–Kier alpha value is -2.62. The standard InChI is InChI=1S/C10H10N4O3/c1-13-5-7(3-6(4-11)8(12)15)9(16)14(2)10(13)17/h3,5H,1-2H3,(H2,12,15)/b6-3+. The Balaban J connectivity index is 3.57. The highest BCUT2D eigenvalue weighted by molar-refractivity contribution is 6.00. The molecule has 0 fully saturated rings. The third-order valence-corrected chi connectivity index (χ3v) is 2.16. The van der Waals surface area contributed by atoms with Gasteiger partial charge in [-0.3, -0.25) is 14.2 Å². The summed E-state index contributed by atoms with van der Waals surface area (Å²) >= 11 is 0. The van der Waals surface area contributed by atoms with Crippen LogP contribution in [0.1, 0.15) is 5.56 Å². The van der Waals surface area contributed by atoms with Crippen molar-refractivity contribution in [2.75, 3.05) is 0 Å². The lowest BCUT2D eigenvalue weighted by atomic mass is 10.2. The Bertz CT molecular complexity index is 658. The summed E-state index contributed by atoms with van der Waals surface area (Å²) in [6.45, 7) is 0. The van der Waals surface area contributed by atoms with Gasteiger partial charge in [0.1, 0.15) is 11.6 Å². The number of aromatic nitrogens is 2. The van der Waals surface area contributed by atoms with Gasteiger partial charge in [0.05, 0.1) is 5.56 Å². The molecule has 1 amide bonds. The molecule has 0 unspecified atom stereocenters. The van der Waals surface area contributed by atoms with Crippen molar-refractivity contribution in [1.82, 2.24) is 9.13 Å². The first kappa shape index (κ1) is 12.4. The maximum absolute atomic E-state index is 11.7. The van der Waals surface area contributed by atoms with E-state index < -0.39 is 17.2 Å². The highest BCUT2D eigenvalue weighted by atomic mass is 16.2. The fraction of sp³-hybridized carbons (Fsp3) is 0.200. The van der Waals surface area contributed by atoms with Gasteiger partial charge in [0.25, 0.3) is 11.5 Å². The van der Waals surface area contributed by atoms with Gasteiger partial charge in [0.2, 0.25) is 0 Å². The van der Waals surface area contributed by atoms with E-state index in [-0.39, 0.29) is 11.1 Å². The zero-order valence-electron chi connectivity index (χ0n) is 9.30. The molecule has 0 aliphatic carbocycles. The minimum atomic E-state index is -0.927. The van der Waals surface area contributed by atoms with Crippen LogP contribution in [0, 0.1) is 11.3 Å². The quantitative estimate of drug-likeness (QED) is 0.494. The minimum Gasteiger partial charge on any atom is -0.365 e. The number of primary amides is 1. The summed E-state index contributed by atoms with van der Waals surface area (Å²) in [5, 5.41) is 8.65. The van der Waals surface area contributed by atoms with Crippen molar-refractivity contribution in [2.24, 2.45) is 19.8 Å². The summed E-state index contributed by atoms with van der Waals surface area (Å²) in [5.74, 6) is -0.927. The predicted octanol–water partition coefficient (Wildman–Crippen LogP) is -1.52. The molecule has 0 radical (unpaired) electrons. The Kier molecular flexibility index (Phi) is 3.29. The van der Waals surface area contributed by atoms with E-state index in [4.69, 9.17) is 11.0 Å². The van der Waals surface area contributed by atoms with Gasteiger partial charge in [-0.05, 0) is 6.08 Å². The van der Waals surface area contributed by atoms with Crippen LogP contribution in [0.5, 0.6) is 0 Å². The Labute approximate surface area is 96.0 Å². The molecule has 7 heteroatoms. The number of carbonyl (C=O) groups excluding carboxylic acids is 1. The van der Waals surface area contributed by atoms with Crippen molar-refractivity contribution in [3.63, 3.8) is 0 Å². The smallest absolute Gasteiger partial charge is 0.330 e. The first-order chi connectivity index (χ1) is 7.88. The lowest BCUT2D eigenvalue weighted by Crippen LogP contribution is -2.37. The molecule has 7 nitrogen and oxygen atoms in total. The average molecular weight is 234 g/mol. The third-order valence-electron chi connectivity index (χ3n) is 2.16. The number of amides is 1. The number of nitriles is 1. The van der Waals surface area contributed by atoms with Crippen molar-refractivity contribution in [3.05, 3.63) is 38.2 Å². The van der Waals surface area contributed by atoms with Crippen LogP contribution in [0.4, 0.5) is 0 Å². The van der Waals surface area contributed by atoms with Gasteiger partial charge in [-0.25, -0.2) is 4.79 Å². The van der Waals surface area contributed by atoms with E-state index in [9.17, 15) is 14.4 Å². The summed E-state index contributed by atoms with van der Waals surface area (Å²) < 4.78 is 2.05. The Morgan fingerprint density at radius 3 is 2.53 bits per heavy atom. The molecule has 0 bridgehead atoms. The Morgan fingerprint density at radius 2 is 2.06 bits per heavy atom. The topological polar surface area (TPSA) is 111 Å². The van der Waals surface area contributed by atoms with Crippen molar-refractivity contribution < 1.29 is 4.79 Å². The lowest BCUT2D eigenvalue weighted by Gasteiger charge is -2.03. The molecule has 0 saturated heterocycles.